The average Bonchev–Trinajstić information content (AvgIpc) is 2.32. The van der Waals surface area contributed by atoms with Gasteiger partial charge in [0.15, 0.2) is 5.75 Å². The molecule has 0 amide bonds. The number of nitrogens with zero attached hydrogens (tertiary/aromatic N) is 1. The van der Waals surface area contributed by atoms with Crippen LogP contribution in [-0.2, 0) is 0 Å². The minimum absolute atomic E-state index is 0.139. The minimum Gasteiger partial charge on any atom is -0.504 e. The maximum absolute atomic E-state index is 12.0. The molecule has 0 fully saturated rings. The summed E-state index contributed by atoms with van der Waals surface area (Å²) in [5, 5.41) is 9.23. The smallest absolute Gasteiger partial charge is 0.504 e. The second-order valence-electron chi connectivity index (χ2n) is 3.70. The molecular weight excluding hydrogens is 261 g/mol. The maximum Gasteiger partial charge on any atom is 0.573 e. The zero-order chi connectivity index (χ0) is 14.0. The monoisotopic (exact) mass is 270 g/mol. The van der Waals surface area contributed by atoms with Crippen LogP contribution in [0, 0.1) is 0 Å². The first-order chi connectivity index (χ1) is 8.85. The SMILES string of the molecule is Nc1cc(-c2ccc(OC(F)(F)F)cc2)ncc1O. The fourth-order valence-corrected chi connectivity index (χ4v) is 1.45. The molecule has 0 bridgehead atoms. The Labute approximate surface area is 106 Å². The van der Waals surface area contributed by atoms with Gasteiger partial charge >= 0.3 is 6.36 Å². The van der Waals surface area contributed by atoms with Gasteiger partial charge in [-0.15, -0.1) is 13.2 Å². The Morgan fingerprint density at radius 3 is 2.32 bits per heavy atom. The summed E-state index contributed by atoms with van der Waals surface area (Å²) < 4.78 is 39.7. The van der Waals surface area contributed by atoms with E-state index in [1.165, 1.54) is 36.5 Å². The molecule has 4 nitrogen and oxygen atoms in total. The van der Waals surface area contributed by atoms with Gasteiger partial charge in [-0.05, 0) is 30.3 Å². The highest BCUT2D eigenvalue weighted by molar-refractivity contribution is 5.66. The molecule has 0 saturated heterocycles. The Balaban J connectivity index is 2.25. The zero-order valence-electron chi connectivity index (χ0n) is 9.48. The molecule has 19 heavy (non-hydrogen) atoms. The lowest BCUT2D eigenvalue weighted by Crippen LogP contribution is -2.16. The lowest BCUT2D eigenvalue weighted by atomic mass is 10.1. The van der Waals surface area contributed by atoms with Crippen molar-refractivity contribution in [3.8, 4) is 22.8 Å². The van der Waals surface area contributed by atoms with Gasteiger partial charge in [-0.1, -0.05) is 0 Å². The van der Waals surface area contributed by atoms with Crippen LogP contribution in [0.3, 0.4) is 0 Å². The normalized spacial score (nSPS) is 11.3. The number of hydrogen-bond acceptors (Lipinski definition) is 4. The molecule has 2 rings (SSSR count). The average molecular weight is 270 g/mol. The molecule has 0 aliphatic rings. The lowest BCUT2D eigenvalue weighted by Gasteiger charge is -2.09. The first-order valence-electron chi connectivity index (χ1n) is 5.16. The van der Waals surface area contributed by atoms with Crippen LogP contribution >= 0.6 is 0 Å². The van der Waals surface area contributed by atoms with Crippen molar-refractivity contribution in [1.82, 2.24) is 4.98 Å². The van der Waals surface area contributed by atoms with Gasteiger partial charge in [-0.25, -0.2) is 0 Å². The molecule has 0 atom stereocenters. The van der Waals surface area contributed by atoms with Crippen LogP contribution in [0.25, 0.3) is 11.3 Å². The highest BCUT2D eigenvalue weighted by atomic mass is 19.4. The number of hydrogen-bond donors (Lipinski definition) is 2. The Morgan fingerprint density at radius 2 is 1.79 bits per heavy atom. The summed E-state index contributed by atoms with van der Waals surface area (Å²) in [4.78, 5) is 3.92. The quantitative estimate of drug-likeness (QED) is 0.880. The Hall–Kier alpha value is -2.44. The van der Waals surface area contributed by atoms with E-state index >= 15 is 0 Å². The number of anilines is 1. The van der Waals surface area contributed by atoms with Crippen molar-refractivity contribution < 1.29 is 23.0 Å². The summed E-state index contributed by atoms with van der Waals surface area (Å²) in [7, 11) is 0. The predicted octanol–water partition coefficient (Wildman–Crippen LogP) is 2.94. The molecule has 0 aliphatic carbocycles. The third-order valence-corrected chi connectivity index (χ3v) is 2.30. The number of alkyl halides is 3. The topological polar surface area (TPSA) is 68.4 Å². The second-order valence-corrected chi connectivity index (χ2v) is 3.70. The minimum atomic E-state index is -4.72. The van der Waals surface area contributed by atoms with Crippen LogP contribution < -0.4 is 10.5 Å². The number of rotatable bonds is 2. The van der Waals surface area contributed by atoms with E-state index < -0.39 is 6.36 Å². The second kappa shape index (κ2) is 4.68. The molecule has 3 N–H and O–H groups in total. The third-order valence-electron chi connectivity index (χ3n) is 2.30. The maximum atomic E-state index is 12.0. The van der Waals surface area contributed by atoms with E-state index in [1.807, 2.05) is 0 Å². The molecule has 0 aliphatic heterocycles. The standard InChI is InChI=1S/C12H9F3N2O2/c13-12(14,15)19-8-3-1-7(2-4-8)10-5-9(16)11(18)6-17-10/h1-6,18H,(H2,16,17). The number of pyridine rings is 1. The highest BCUT2D eigenvalue weighted by Gasteiger charge is 2.30. The summed E-state index contributed by atoms with van der Waals surface area (Å²) in [6.07, 6.45) is -3.55. The van der Waals surface area contributed by atoms with Crippen molar-refractivity contribution in [3.05, 3.63) is 36.5 Å². The molecule has 1 aromatic carbocycles. The van der Waals surface area contributed by atoms with Crippen LogP contribution in [0.5, 0.6) is 11.5 Å². The summed E-state index contributed by atoms with van der Waals surface area (Å²) in [6.45, 7) is 0. The lowest BCUT2D eigenvalue weighted by molar-refractivity contribution is -0.274. The van der Waals surface area contributed by atoms with Crippen LogP contribution in [0.15, 0.2) is 36.5 Å². The van der Waals surface area contributed by atoms with Crippen molar-refractivity contribution in [2.45, 2.75) is 6.36 Å². The molecule has 0 saturated carbocycles. The number of benzene rings is 1. The molecule has 2 aromatic rings. The van der Waals surface area contributed by atoms with Gasteiger partial charge in [0.25, 0.3) is 0 Å². The van der Waals surface area contributed by atoms with Crippen molar-refractivity contribution in [1.29, 1.82) is 0 Å². The van der Waals surface area contributed by atoms with E-state index in [0.717, 1.165) is 0 Å². The predicted molar refractivity (Wildman–Crippen MR) is 62.4 cm³/mol. The summed E-state index contributed by atoms with van der Waals surface area (Å²) >= 11 is 0. The Morgan fingerprint density at radius 1 is 1.16 bits per heavy atom. The van der Waals surface area contributed by atoms with E-state index in [2.05, 4.69) is 9.72 Å². The van der Waals surface area contributed by atoms with E-state index in [0.29, 0.717) is 11.3 Å². The molecule has 1 aromatic heterocycles. The number of aromatic hydroxyl groups is 1. The number of halogens is 3. The molecule has 0 radical (unpaired) electrons. The van der Waals surface area contributed by atoms with E-state index in [1.54, 1.807) is 0 Å². The van der Waals surface area contributed by atoms with E-state index in [-0.39, 0.29) is 17.2 Å². The molecule has 100 valence electrons. The van der Waals surface area contributed by atoms with Gasteiger partial charge in [0.1, 0.15) is 5.75 Å². The number of ether oxygens (including phenoxy) is 1. The largest absolute Gasteiger partial charge is 0.573 e. The van der Waals surface area contributed by atoms with Crippen LogP contribution in [-0.4, -0.2) is 16.5 Å². The first-order valence-corrected chi connectivity index (χ1v) is 5.16. The Bertz CT molecular complexity index is 583. The van der Waals surface area contributed by atoms with Crippen molar-refractivity contribution in [2.24, 2.45) is 0 Å². The molecule has 7 heteroatoms. The van der Waals surface area contributed by atoms with Crippen molar-refractivity contribution in [2.75, 3.05) is 5.73 Å². The number of nitrogens with two attached hydrogens (primary N) is 1. The van der Waals surface area contributed by atoms with Crippen molar-refractivity contribution in [3.63, 3.8) is 0 Å². The summed E-state index contributed by atoms with van der Waals surface area (Å²) in [5.74, 6) is -0.469. The highest BCUT2D eigenvalue weighted by Crippen LogP contribution is 2.28. The van der Waals surface area contributed by atoms with Gasteiger partial charge in [0, 0.05) is 5.56 Å². The zero-order valence-corrected chi connectivity index (χ0v) is 9.48. The number of nitrogen functional groups attached to an aromatic ring is 1. The van der Waals surface area contributed by atoms with Crippen LogP contribution in [0.2, 0.25) is 0 Å². The fraction of sp³-hybridized carbons (Fsp3) is 0.0833. The third kappa shape index (κ3) is 3.27. The van der Waals surface area contributed by atoms with E-state index in [4.69, 9.17) is 5.73 Å². The van der Waals surface area contributed by atoms with Crippen LogP contribution in [0.1, 0.15) is 0 Å². The van der Waals surface area contributed by atoms with Gasteiger partial charge in [0.2, 0.25) is 0 Å². The van der Waals surface area contributed by atoms with Crippen molar-refractivity contribution >= 4 is 5.69 Å². The summed E-state index contributed by atoms with van der Waals surface area (Å²) in [5.41, 5.74) is 6.64. The van der Waals surface area contributed by atoms with Crippen LogP contribution in [0.4, 0.5) is 18.9 Å². The van der Waals surface area contributed by atoms with Gasteiger partial charge < -0.3 is 15.6 Å². The van der Waals surface area contributed by atoms with Gasteiger partial charge in [-0.2, -0.15) is 0 Å². The molecule has 1 heterocycles. The van der Waals surface area contributed by atoms with Gasteiger partial charge in [-0.3, -0.25) is 4.98 Å². The van der Waals surface area contributed by atoms with Gasteiger partial charge in [0.05, 0.1) is 17.6 Å². The molecule has 0 spiro atoms. The Kier molecular flexibility index (Phi) is 3.20. The summed E-state index contributed by atoms with van der Waals surface area (Å²) in [6, 6.07) is 6.61. The number of aromatic nitrogens is 1. The first kappa shape index (κ1) is 13.0. The van der Waals surface area contributed by atoms with E-state index in [9.17, 15) is 18.3 Å². The molecule has 0 unspecified atom stereocenters. The molecular formula is C12H9F3N2O2. The fourth-order valence-electron chi connectivity index (χ4n) is 1.45.